The van der Waals surface area contributed by atoms with Crippen molar-refractivity contribution in [2.45, 2.75) is 19.4 Å². The molecule has 0 unspecified atom stereocenters. The summed E-state index contributed by atoms with van der Waals surface area (Å²) in [4.78, 5) is 28.3. The summed E-state index contributed by atoms with van der Waals surface area (Å²) in [5, 5.41) is 2.98. The lowest BCUT2D eigenvalue weighted by atomic mass is 10.1. The number of halogens is 1. The molecule has 4 rings (SSSR count). The Labute approximate surface area is 155 Å². The Morgan fingerprint density at radius 2 is 1.85 bits per heavy atom. The van der Waals surface area contributed by atoms with E-state index in [9.17, 15) is 9.59 Å². The fourth-order valence-electron chi connectivity index (χ4n) is 3.26. The number of fused-ring (bicyclic) bond motifs is 1. The number of amides is 2. The summed E-state index contributed by atoms with van der Waals surface area (Å²) in [5.41, 5.74) is 2.92. The van der Waals surface area contributed by atoms with E-state index < -0.39 is 11.8 Å². The van der Waals surface area contributed by atoms with Gasteiger partial charge in [-0.3, -0.25) is 14.9 Å². The van der Waals surface area contributed by atoms with Gasteiger partial charge >= 0.3 is 0 Å². The van der Waals surface area contributed by atoms with E-state index in [0.29, 0.717) is 5.56 Å². The molecule has 1 aromatic carbocycles. The van der Waals surface area contributed by atoms with E-state index in [0.717, 1.165) is 30.4 Å². The van der Waals surface area contributed by atoms with Crippen molar-refractivity contribution in [3.05, 3.63) is 71.0 Å². The van der Waals surface area contributed by atoms with E-state index in [4.69, 9.17) is 11.6 Å². The Kier molecular flexibility index (Phi) is 4.31. The number of carbonyl (C=O) groups excluding carboxylic acids is 2. The van der Waals surface area contributed by atoms with Crippen molar-refractivity contribution in [1.29, 1.82) is 0 Å². The molecule has 0 spiro atoms. The van der Waals surface area contributed by atoms with Gasteiger partial charge in [0.2, 0.25) is 0 Å². The van der Waals surface area contributed by atoms with Crippen molar-refractivity contribution < 1.29 is 9.59 Å². The zero-order valence-corrected chi connectivity index (χ0v) is 14.7. The highest BCUT2D eigenvalue weighted by Gasteiger charge is 2.32. The summed E-state index contributed by atoms with van der Waals surface area (Å²) in [6.45, 7) is 0.753. The van der Waals surface area contributed by atoms with Crippen LogP contribution < -0.4 is 5.32 Å². The molecule has 2 amide bonds. The van der Waals surface area contributed by atoms with E-state index >= 15 is 0 Å². The molecule has 0 radical (unpaired) electrons. The fraction of sp³-hybridized carbons (Fsp3) is 0.150. The first kappa shape index (κ1) is 16.5. The molecule has 1 aliphatic rings. The van der Waals surface area contributed by atoms with Gasteiger partial charge < -0.3 is 4.57 Å². The number of imide groups is 1. The second-order valence-corrected chi connectivity index (χ2v) is 6.55. The van der Waals surface area contributed by atoms with Crippen molar-refractivity contribution >= 4 is 40.0 Å². The van der Waals surface area contributed by atoms with E-state index in [2.05, 4.69) is 22.4 Å². The normalized spacial score (nSPS) is 14.3. The molecule has 0 bridgehead atoms. The van der Waals surface area contributed by atoms with Gasteiger partial charge in [-0.1, -0.05) is 41.9 Å². The van der Waals surface area contributed by atoms with Crippen LogP contribution in [0, 0.1) is 0 Å². The maximum absolute atomic E-state index is 12.1. The molecule has 0 saturated carbocycles. The molecule has 6 heteroatoms. The number of pyridine rings is 1. The van der Waals surface area contributed by atoms with Crippen molar-refractivity contribution in [2.24, 2.45) is 0 Å². The van der Waals surface area contributed by atoms with Gasteiger partial charge in [0.25, 0.3) is 11.8 Å². The van der Waals surface area contributed by atoms with Crippen LogP contribution in [-0.2, 0) is 22.6 Å². The van der Waals surface area contributed by atoms with Crippen molar-refractivity contribution in [3.8, 4) is 0 Å². The average Bonchev–Trinajstić information content (AvgIpc) is 3.13. The Morgan fingerprint density at radius 1 is 1.04 bits per heavy atom. The van der Waals surface area contributed by atoms with Gasteiger partial charge in [-0.25, -0.2) is 4.98 Å². The minimum Gasteiger partial charge on any atom is -0.332 e. The number of benzene rings is 1. The summed E-state index contributed by atoms with van der Waals surface area (Å²) < 4.78 is 2.01. The third-order valence-corrected chi connectivity index (χ3v) is 4.84. The Morgan fingerprint density at radius 3 is 2.58 bits per heavy atom. The molecule has 3 heterocycles. The fourth-order valence-corrected chi connectivity index (χ4v) is 3.50. The predicted molar refractivity (Wildman–Crippen MR) is 100 cm³/mol. The number of carbonyl (C=O) groups is 2. The van der Waals surface area contributed by atoms with Crippen LogP contribution >= 0.6 is 11.6 Å². The quantitative estimate of drug-likeness (QED) is 0.706. The third kappa shape index (κ3) is 2.91. The molecular formula is C20H16ClN3O2. The van der Waals surface area contributed by atoms with Gasteiger partial charge in [0.05, 0.1) is 5.57 Å². The number of aryl methyl sites for hydroxylation is 2. The van der Waals surface area contributed by atoms with Crippen LogP contribution in [-0.4, -0.2) is 21.4 Å². The zero-order chi connectivity index (χ0) is 18.1. The van der Waals surface area contributed by atoms with Gasteiger partial charge in [0.1, 0.15) is 10.7 Å². The highest BCUT2D eigenvalue weighted by atomic mass is 35.5. The van der Waals surface area contributed by atoms with Crippen LogP contribution in [0.25, 0.3) is 16.6 Å². The van der Waals surface area contributed by atoms with Crippen LogP contribution in [0.15, 0.2) is 59.9 Å². The molecule has 0 atom stereocenters. The minimum absolute atomic E-state index is 0.0674. The number of hydrogen-bond acceptors (Lipinski definition) is 3. The lowest BCUT2D eigenvalue weighted by molar-refractivity contribution is -0.123. The molecule has 0 saturated heterocycles. The van der Waals surface area contributed by atoms with Gasteiger partial charge in [0, 0.05) is 29.9 Å². The summed E-state index contributed by atoms with van der Waals surface area (Å²) in [6.07, 6.45) is 5.46. The van der Waals surface area contributed by atoms with Gasteiger partial charge in [-0.15, -0.1) is 0 Å². The van der Waals surface area contributed by atoms with E-state index in [1.807, 2.05) is 41.1 Å². The number of rotatable bonds is 5. The van der Waals surface area contributed by atoms with Crippen molar-refractivity contribution in [3.63, 3.8) is 0 Å². The van der Waals surface area contributed by atoms with Gasteiger partial charge in [-0.2, -0.15) is 0 Å². The van der Waals surface area contributed by atoms with Crippen LogP contribution in [0.4, 0.5) is 0 Å². The minimum atomic E-state index is -0.555. The average molecular weight is 366 g/mol. The SMILES string of the molecule is O=C1NC(=O)C(c2cn(CCCc3ccccc3)c3ncccc23)=C1Cl. The van der Waals surface area contributed by atoms with Crippen LogP contribution in [0.3, 0.4) is 0 Å². The molecule has 3 aromatic rings. The third-order valence-electron chi connectivity index (χ3n) is 4.48. The van der Waals surface area contributed by atoms with E-state index in [1.165, 1.54) is 5.56 Å². The largest absolute Gasteiger partial charge is 0.332 e. The first-order chi connectivity index (χ1) is 12.6. The maximum atomic E-state index is 12.1. The second kappa shape index (κ2) is 6.77. The monoisotopic (exact) mass is 365 g/mol. The van der Waals surface area contributed by atoms with Crippen LogP contribution in [0.5, 0.6) is 0 Å². The molecule has 1 N–H and O–H groups in total. The molecule has 1 aliphatic heterocycles. The van der Waals surface area contributed by atoms with Crippen molar-refractivity contribution in [1.82, 2.24) is 14.9 Å². The number of hydrogen-bond donors (Lipinski definition) is 1. The Balaban J connectivity index is 1.67. The second-order valence-electron chi connectivity index (χ2n) is 6.17. The molecule has 2 aromatic heterocycles. The van der Waals surface area contributed by atoms with E-state index in [1.54, 1.807) is 6.20 Å². The zero-order valence-electron chi connectivity index (χ0n) is 13.9. The molecule has 26 heavy (non-hydrogen) atoms. The highest BCUT2D eigenvalue weighted by molar-refractivity contribution is 6.55. The first-order valence-corrected chi connectivity index (χ1v) is 8.76. The number of nitrogens with one attached hydrogen (secondary N) is 1. The topological polar surface area (TPSA) is 64.0 Å². The Bertz CT molecular complexity index is 1040. The van der Waals surface area contributed by atoms with Gasteiger partial charge in [0.15, 0.2) is 0 Å². The summed E-state index contributed by atoms with van der Waals surface area (Å²) in [6, 6.07) is 14.0. The van der Waals surface area contributed by atoms with Gasteiger partial charge in [-0.05, 0) is 30.5 Å². The molecular weight excluding hydrogens is 350 g/mol. The van der Waals surface area contributed by atoms with Crippen LogP contribution in [0.1, 0.15) is 17.5 Å². The standard InChI is InChI=1S/C20H16ClN3O2/c21-17-16(19(25)23-20(17)26)15-12-24(18-14(15)9-4-10-22-18)11-5-8-13-6-2-1-3-7-13/h1-4,6-7,9-10,12H,5,8,11H2,(H,23,25,26). The van der Waals surface area contributed by atoms with E-state index in [-0.39, 0.29) is 10.6 Å². The first-order valence-electron chi connectivity index (χ1n) is 8.39. The summed E-state index contributed by atoms with van der Waals surface area (Å²) in [5.74, 6) is -1.02. The summed E-state index contributed by atoms with van der Waals surface area (Å²) >= 11 is 6.07. The molecule has 130 valence electrons. The maximum Gasteiger partial charge on any atom is 0.270 e. The lowest BCUT2D eigenvalue weighted by Gasteiger charge is -2.04. The Hall–Kier alpha value is -2.92. The van der Waals surface area contributed by atoms with Crippen LogP contribution in [0.2, 0.25) is 0 Å². The smallest absolute Gasteiger partial charge is 0.270 e. The number of aromatic nitrogens is 2. The lowest BCUT2D eigenvalue weighted by Crippen LogP contribution is -2.22. The highest BCUT2D eigenvalue weighted by Crippen LogP contribution is 2.32. The summed E-state index contributed by atoms with van der Waals surface area (Å²) in [7, 11) is 0. The predicted octanol–water partition coefficient (Wildman–Crippen LogP) is 3.28. The number of nitrogens with zero attached hydrogens (tertiary/aromatic N) is 2. The molecule has 0 aliphatic carbocycles. The molecule has 5 nitrogen and oxygen atoms in total. The molecule has 0 fully saturated rings. The van der Waals surface area contributed by atoms with Crippen molar-refractivity contribution in [2.75, 3.05) is 0 Å².